The van der Waals surface area contributed by atoms with Crippen LogP contribution in [-0.4, -0.2) is 15.0 Å². The lowest BCUT2D eigenvalue weighted by Gasteiger charge is -2.10. The molecule has 0 aliphatic heterocycles. The van der Waals surface area contributed by atoms with Gasteiger partial charge >= 0.3 is 0 Å². The van der Waals surface area contributed by atoms with Gasteiger partial charge in [0.25, 0.3) is 0 Å². The summed E-state index contributed by atoms with van der Waals surface area (Å²) < 4.78 is 8.76. The number of thiophene rings is 1. The number of nitrogens with zero attached hydrogens (tertiary/aromatic N) is 3. The molecule has 0 spiro atoms. The van der Waals surface area contributed by atoms with Gasteiger partial charge < -0.3 is 4.42 Å². The number of aromatic nitrogens is 3. The van der Waals surface area contributed by atoms with Gasteiger partial charge in [-0.1, -0.05) is 115 Å². The van der Waals surface area contributed by atoms with Gasteiger partial charge in [-0.15, -0.1) is 11.3 Å². The number of hydrogen-bond donors (Lipinski definition) is 0. The molecule has 0 amide bonds. The summed E-state index contributed by atoms with van der Waals surface area (Å²) in [5.41, 5.74) is 9.71. The summed E-state index contributed by atoms with van der Waals surface area (Å²) in [5, 5.41) is 7.09. The Morgan fingerprint density at radius 1 is 0.396 bits per heavy atom. The lowest BCUT2D eigenvalue weighted by Crippen LogP contribution is -2.00. The molecule has 3 heterocycles. The van der Waals surface area contributed by atoms with Crippen LogP contribution in [0.25, 0.3) is 109 Å². The number of fused-ring (bicyclic) bond motifs is 10. The van der Waals surface area contributed by atoms with E-state index in [1.807, 2.05) is 59.9 Å². The molecule has 4 nitrogen and oxygen atoms in total. The fourth-order valence-electron chi connectivity index (χ4n) is 7.63. The molecule has 0 atom stereocenters. The van der Waals surface area contributed by atoms with E-state index in [2.05, 4.69) is 91.0 Å². The normalized spacial score (nSPS) is 12.2. The van der Waals surface area contributed by atoms with Crippen molar-refractivity contribution in [3.8, 4) is 56.4 Å². The molecule has 1 aliphatic rings. The zero-order chi connectivity index (χ0) is 31.3. The van der Waals surface area contributed by atoms with E-state index < -0.39 is 0 Å². The van der Waals surface area contributed by atoms with Crippen molar-refractivity contribution in [1.29, 1.82) is 0 Å². The molecule has 5 heteroatoms. The first-order chi connectivity index (χ1) is 23.8. The third-order valence-electron chi connectivity index (χ3n) is 9.68. The van der Waals surface area contributed by atoms with Gasteiger partial charge in [-0.3, -0.25) is 0 Å². The van der Waals surface area contributed by atoms with Crippen LogP contribution in [-0.2, 0) is 0 Å². The van der Waals surface area contributed by atoms with Gasteiger partial charge in [-0.2, -0.15) is 0 Å². The van der Waals surface area contributed by atoms with Crippen molar-refractivity contribution in [2.75, 3.05) is 0 Å². The Hall–Kier alpha value is -6.17. The Bertz CT molecular complexity index is 2960. The molecule has 222 valence electrons. The van der Waals surface area contributed by atoms with Gasteiger partial charge in [-0.25, -0.2) is 15.0 Å². The van der Waals surface area contributed by atoms with Crippen molar-refractivity contribution in [1.82, 2.24) is 15.0 Å². The fraction of sp³-hybridized carbons (Fsp3) is 0. The molecular weight excluding hydrogens is 607 g/mol. The predicted molar refractivity (Wildman–Crippen MR) is 198 cm³/mol. The second-order valence-corrected chi connectivity index (χ2v) is 13.4. The van der Waals surface area contributed by atoms with Crippen LogP contribution < -0.4 is 0 Å². The maximum atomic E-state index is 6.26. The van der Waals surface area contributed by atoms with Gasteiger partial charge in [0, 0.05) is 53.0 Å². The average molecular weight is 630 g/mol. The minimum absolute atomic E-state index is 0.621. The number of benzene rings is 7. The third kappa shape index (κ3) is 3.56. The van der Waals surface area contributed by atoms with Crippen LogP contribution >= 0.6 is 11.3 Å². The van der Waals surface area contributed by atoms with Crippen LogP contribution in [0.3, 0.4) is 0 Å². The predicted octanol–water partition coefficient (Wildman–Crippen LogP) is 11.9. The second kappa shape index (κ2) is 9.67. The van der Waals surface area contributed by atoms with Crippen molar-refractivity contribution in [2.45, 2.75) is 0 Å². The molecule has 0 bridgehead atoms. The molecule has 1 aliphatic carbocycles. The molecule has 0 N–H and O–H groups in total. The van der Waals surface area contributed by atoms with Gasteiger partial charge in [0.05, 0.1) is 0 Å². The quantitative estimate of drug-likeness (QED) is 0.195. The lowest BCUT2D eigenvalue weighted by molar-refractivity contribution is 0.669. The lowest BCUT2D eigenvalue weighted by atomic mass is 9.98. The van der Waals surface area contributed by atoms with E-state index in [0.717, 1.165) is 38.6 Å². The second-order valence-electron chi connectivity index (χ2n) is 12.3. The van der Waals surface area contributed by atoms with E-state index in [0.29, 0.717) is 17.5 Å². The minimum atomic E-state index is 0.621. The monoisotopic (exact) mass is 629 g/mol. The van der Waals surface area contributed by atoms with Crippen molar-refractivity contribution < 1.29 is 4.42 Å². The molecule has 0 saturated carbocycles. The maximum Gasteiger partial charge on any atom is 0.164 e. The van der Waals surface area contributed by atoms with E-state index in [1.165, 1.54) is 53.2 Å². The summed E-state index contributed by atoms with van der Waals surface area (Å²) in [4.78, 5) is 15.5. The molecule has 10 aromatic rings. The Morgan fingerprint density at radius 3 is 1.85 bits per heavy atom. The van der Waals surface area contributed by atoms with Crippen LogP contribution in [0.1, 0.15) is 0 Å². The largest absolute Gasteiger partial charge is 0.456 e. The summed E-state index contributed by atoms with van der Waals surface area (Å²) in [6.07, 6.45) is 0. The summed E-state index contributed by atoms with van der Waals surface area (Å²) in [6, 6.07) is 48.8. The standard InChI is InChI=1S/C43H23N3OS/c1-2-11-24(12-3-1)41-44-42(30-18-9-21-35-38(30)28-15-6-7-20-34(28)47-35)46-43(45-41)31-19-10-22-36-39(31)33-23-32-26-14-5-4-13-25(26)27-16-8-17-29(37(27)32)40(33)48-36/h1-23H. The van der Waals surface area contributed by atoms with Gasteiger partial charge in [0.15, 0.2) is 17.5 Å². The van der Waals surface area contributed by atoms with Crippen LogP contribution in [0.5, 0.6) is 0 Å². The SMILES string of the molecule is c1ccc(-c2nc(-c3cccc4oc5ccccc5c34)nc(-c3cccc4sc5c6cccc7c6c(cc5c34)-c3ccccc3-7)n2)cc1. The van der Waals surface area contributed by atoms with Crippen LogP contribution in [0, 0.1) is 0 Å². The summed E-state index contributed by atoms with van der Waals surface area (Å²) in [5.74, 6) is 1.91. The highest BCUT2D eigenvalue weighted by Gasteiger charge is 2.25. The van der Waals surface area contributed by atoms with Crippen LogP contribution in [0.15, 0.2) is 144 Å². The maximum absolute atomic E-state index is 6.26. The van der Waals surface area contributed by atoms with Crippen LogP contribution in [0.2, 0.25) is 0 Å². The third-order valence-corrected chi connectivity index (χ3v) is 10.9. The summed E-state index contributed by atoms with van der Waals surface area (Å²) >= 11 is 1.85. The van der Waals surface area contributed by atoms with E-state index in [4.69, 9.17) is 19.4 Å². The summed E-state index contributed by atoms with van der Waals surface area (Å²) in [6.45, 7) is 0. The first-order valence-electron chi connectivity index (χ1n) is 16.0. The molecule has 7 aromatic carbocycles. The molecule has 0 radical (unpaired) electrons. The number of para-hydroxylation sites is 1. The van der Waals surface area contributed by atoms with E-state index in [1.54, 1.807) is 0 Å². The molecule has 11 rings (SSSR count). The van der Waals surface area contributed by atoms with Crippen molar-refractivity contribution >= 4 is 64.2 Å². The van der Waals surface area contributed by atoms with Crippen molar-refractivity contribution in [3.05, 3.63) is 140 Å². The highest BCUT2D eigenvalue weighted by atomic mass is 32.1. The smallest absolute Gasteiger partial charge is 0.164 e. The van der Waals surface area contributed by atoms with Gasteiger partial charge in [0.1, 0.15) is 11.2 Å². The summed E-state index contributed by atoms with van der Waals surface area (Å²) in [7, 11) is 0. The molecule has 3 aromatic heterocycles. The fourth-order valence-corrected chi connectivity index (χ4v) is 8.87. The molecule has 48 heavy (non-hydrogen) atoms. The highest BCUT2D eigenvalue weighted by molar-refractivity contribution is 7.26. The van der Waals surface area contributed by atoms with E-state index >= 15 is 0 Å². The zero-order valence-corrected chi connectivity index (χ0v) is 26.3. The number of furan rings is 1. The zero-order valence-electron chi connectivity index (χ0n) is 25.4. The minimum Gasteiger partial charge on any atom is -0.456 e. The first-order valence-corrected chi connectivity index (χ1v) is 16.8. The molecular formula is C43H23N3OS. The highest BCUT2D eigenvalue weighted by Crippen LogP contribution is 2.52. The van der Waals surface area contributed by atoms with E-state index in [-0.39, 0.29) is 0 Å². The Labute approximate surface area is 278 Å². The average Bonchev–Trinajstić information content (AvgIpc) is 3.83. The molecule has 0 fully saturated rings. The van der Waals surface area contributed by atoms with Gasteiger partial charge in [0.2, 0.25) is 0 Å². The van der Waals surface area contributed by atoms with E-state index in [9.17, 15) is 0 Å². The number of hydrogen-bond acceptors (Lipinski definition) is 5. The van der Waals surface area contributed by atoms with Crippen molar-refractivity contribution in [3.63, 3.8) is 0 Å². The Morgan fingerprint density at radius 2 is 1.00 bits per heavy atom. The first kappa shape index (κ1) is 26.0. The Balaban J connectivity index is 1.22. The Kier molecular flexibility index (Phi) is 5.23. The van der Waals surface area contributed by atoms with Crippen LogP contribution in [0.4, 0.5) is 0 Å². The van der Waals surface area contributed by atoms with Crippen molar-refractivity contribution in [2.24, 2.45) is 0 Å². The number of rotatable bonds is 3. The molecule has 0 saturated heterocycles. The van der Waals surface area contributed by atoms with Gasteiger partial charge in [-0.05, 0) is 51.9 Å². The topological polar surface area (TPSA) is 51.8 Å². The molecule has 0 unspecified atom stereocenters.